The molecule has 0 bridgehead atoms. The molecule has 122 valence electrons. The Morgan fingerprint density at radius 3 is 2.75 bits per heavy atom. The SMILES string of the molecule is Fc1cncc([C@@H](Oc2ccc3ccccc3c2)C2CCNC2)c1. The first-order valence-corrected chi connectivity index (χ1v) is 8.26. The number of rotatable bonds is 4. The van der Waals surface area contributed by atoms with Crippen LogP contribution in [0.1, 0.15) is 18.1 Å². The van der Waals surface area contributed by atoms with E-state index in [1.807, 2.05) is 24.3 Å². The first kappa shape index (κ1) is 15.1. The van der Waals surface area contributed by atoms with Crippen LogP contribution in [0.4, 0.5) is 4.39 Å². The normalized spacial score (nSPS) is 18.6. The predicted molar refractivity (Wildman–Crippen MR) is 92.5 cm³/mol. The van der Waals surface area contributed by atoms with Gasteiger partial charge in [0.2, 0.25) is 0 Å². The zero-order valence-corrected chi connectivity index (χ0v) is 13.3. The van der Waals surface area contributed by atoms with Crippen molar-refractivity contribution in [1.82, 2.24) is 10.3 Å². The number of halogens is 1. The molecule has 1 fully saturated rings. The van der Waals surface area contributed by atoms with Gasteiger partial charge in [-0.3, -0.25) is 4.98 Å². The molecule has 0 radical (unpaired) electrons. The third kappa shape index (κ3) is 3.10. The van der Waals surface area contributed by atoms with E-state index >= 15 is 0 Å². The Morgan fingerprint density at radius 1 is 1.08 bits per heavy atom. The van der Waals surface area contributed by atoms with Gasteiger partial charge in [-0.25, -0.2) is 4.39 Å². The molecule has 24 heavy (non-hydrogen) atoms. The minimum absolute atomic E-state index is 0.204. The molecule has 3 nitrogen and oxygen atoms in total. The molecule has 1 aromatic heterocycles. The number of ether oxygens (including phenoxy) is 1. The summed E-state index contributed by atoms with van der Waals surface area (Å²) in [6.07, 6.45) is 3.73. The van der Waals surface area contributed by atoms with E-state index in [1.165, 1.54) is 17.6 Å². The van der Waals surface area contributed by atoms with Crippen LogP contribution in [-0.2, 0) is 0 Å². The van der Waals surface area contributed by atoms with E-state index in [0.717, 1.165) is 36.2 Å². The number of aromatic nitrogens is 1. The molecule has 0 spiro atoms. The second-order valence-corrected chi connectivity index (χ2v) is 6.24. The lowest BCUT2D eigenvalue weighted by Crippen LogP contribution is -2.21. The highest BCUT2D eigenvalue weighted by atomic mass is 19.1. The molecule has 2 heterocycles. The van der Waals surface area contributed by atoms with Crippen LogP contribution in [-0.4, -0.2) is 18.1 Å². The topological polar surface area (TPSA) is 34.1 Å². The molecule has 1 unspecified atom stereocenters. The molecular formula is C20H19FN2O. The molecule has 2 atom stereocenters. The highest BCUT2D eigenvalue weighted by Gasteiger charge is 2.28. The Hall–Kier alpha value is -2.46. The molecule has 1 aliphatic heterocycles. The van der Waals surface area contributed by atoms with Gasteiger partial charge in [0.25, 0.3) is 0 Å². The van der Waals surface area contributed by atoms with E-state index in [0.29, 0.717) is 5.92 Å². The summed E-state index contributed by atoms with van der Waals surface area (Å²) < 4.78 is 19.9. The molecule has 4 rings (SSSR count). The van der Waals surface area contributed by atoms with Gasteiger partial charge in [-0.2, -0.15) is 0 Å². The lowest BCUT2D eigenvalue weighted by atomic mass is 9.95. The van der Waals surface area contributed by atoms with Crippen molar-refractivity contribution in [2.75, 3.05) is 13.1 Å². The molecule has 1 saturated heterocycles. The van der Waals surface area contributed by atoms with Crippen LogP contribution in [0.5, 0.6) is 5.75 Å². The van der Waals surface area contributed by atoms with Crippen molar-refractivity contribution in [3.05, 3.63) is 72.3 Å². The van der Waals surface area contributed by atoms with Gasteiger partial charge >= 0.3 is 0 Å². The number of fused-ring (bicyclic) bond motifs is 1. The van der Waals surface area contributed by atoms with Crippen molar-refractivity contribution < 1.29 is 9.13 Å². The third-order valence-electron chi connectivity index (χ3n) is 4.57. The summed E-state index contributed by atoms with van der Waals surface area (Å²) in [6, 6.07) is 15.8. The van der Waals surface area contributed by atoms with Crippen molar-refractivity contribution in [2.45, 2.75) is 12.5 Å². The molecule has 2 aromatic carbocycles. The van der Waals surface area contributed by atoms with Crippen molar-refractivity contribution in [1.29, 1.82) is 0 Å². The Labute approximate surface area is 140 Å². The van der Waals surface area contributed by atoms with Crippen LogP contribution in [0.2, 0.25) is 0 Å². The Kier molecular flexibility index (Phi) is 4.13. The van der Waals surface area contributed by atoms with E-state index in [-0.39, 0.29) is 11.9 Å². The summed E-state index contributed by atoms with van der Waals surface area (Å²) in [5.41, 5.74) is 0.789. The van der Waals surface area contributed by atoms with Crippen LogP contribution >= 0.6 is 0 Å². The van der Waals surface area contributed by atoms with E-state index in [1.54, 1.807) is 6.20 Å². The maximum absolute atomic E-state index is 13.6. The Morgan fingerprint density at radius 2 is 1.96 bits per heavy atom. The molecule has 1 N–H and O–H groups in total. The van der Waals surface area contributed by atoms with Crippen molar-refractivity contribution in [3.8, 4) is 5.75 Å². The van der Waals surface area contributed by atoms with E-state index in [4.69, 9.17) is 4.74 Å². The van der Waals surface area contributed by atoms with E-state index in [9.17, 15) is 4.39 Å². The number of hydrogen-bond donors (Lipinski definition) is 1. The fraction of sp³-hybridized carbons (Fsp3) is 0.250. The zero-order chi connectivity index (χ0) is 16.4. The van der Waals surface area contributed by atoms with Crippen LogP contribution in [0.15, 0.2) is 60.9 Å². The van der Waals surface area contributed by atoms with Crippen molar-refractivity contribution in [3.63, 3.8) is 0 Å². The minimum Gasteiger partial charge on any atom is -0.485 e. The molecule has 0 saturated carbocycles. The van der Waals surface area contributed by atoms with Crippen LogP contribution < -0.4 is 10.1 Å². The van der Waals surface area contributed by atoms with Crippen LogP contribution in [0.25, 0.3) is 10.8 Å². The largest absolute Gasteiger partial charge is 0.485 e. The molecule has 4 heteroatoms. The number of nitrogens with zero attached hydrogens (tertiary/aromatic N) is 1. The maximum atomic E-state index is 13.6. The first-order chi connectivity index (χ1) is 11.8. The summed E-state index contributed by atoms with van der Waals surface area (Å²) in [5, 5.41) is 5.67. The summed E-state index contributed by atoms with van der Waals surface area (Å²) in [5.74, 6) is 0.778. The molecule has 0 aliphatic carbocycles. The third-order valence-corrected chi connectivity index (χ3v) is 4.57. The molecule has 1 aliphatic rings. The Balaban J connectivity index is 1.67. The highest BCUT2D eigenvalue weighted by molar-refractivity contribution is 5.83. The predicted octanol–water partition coefficient (Wildman–Crippen LogP) is 4.10. The second-order valence-electron chi connectivity index (χ2n) is 6.24. The van der Waals surface area contributed by atoms with E-state index in [2.05, 4.69) is 28.5 Å². The van der Waals surface area contributed by atoms with Crippen molar-refractivity contribution >= 4 is 10.8 Å². The monoisotopic (exact) mass is 322 g/mol. The molecule has 3 aromatic rings. The molecule has 0 amide bonds. The van der Waals surface area contributed by atoms with Crippen LogP contribution in [0.3, 0.4) is 0 Å². The fourth-order valence-electron chi connectivity index (χ4n) is 3.34. The van der Waals surface area contributed by atoms with Gasteiger partial charge in [-0.15, -0.1) is 0 Å². The van der Waals surface area contributed by atoms with Gasteiger partial charge in [0.05, 0.1) is 6.20 Å². The number of hydrogen-bond acceptors (Lipinski definition) is 3. The zero-order valence-electron chi connectivity index (χ0n) is 13.3. The second kappa shape index (κ2) is 6.57. The summed E-state index contributed by atoms with van der Waals surface area (Å²) in [6.45, 7) is 1.83. The number of nitrogens with one attached hydrogen (secondary N) is 1. The average Bonchev–Trinajstić information content (AvgIpc) is 3.14. The fourth-order valence-corrected chi connectivity index (χ4v) is 3.34. The van der Waals surface area contributed by atoms with Gasteiger partial charge in [0.15, 0.2) is 0 Å². The highest BCUT2D eigenvalue weighted by Crippen LogP contribution is 2.33. The van der Waals surface area contributed by atoms with Gasteiger partial charge < -0.3 is 10.1 Å². The lowest BCUT2D eigenvalue weighted by Gasteiger charge is -2.25. The maximum Gasteiger partial charge on any atom is 0.141 e. The van der Waals surface area contributed by atoms with Gasteiger partial charge in [-0.1, -0.05) is 30.3 Å². The summed E-state index contributed by atoms with van der Waals surface area (Å²) in [4.78, 5) is 3.99. The average molecular weight is 322 g/mol. The van der Waals surface area contributed by atoms with Crippen LogP contribution in [0, 0.1) is 11.7 Å². The lowest BCUT2D eigenvalue weighted by molar-refractivity contribution is 0.144. The smallest absolute Gasteiger partial charge is 0.141 e. The summed E-state index contributed by atoms with van der Waals surface area (Å²) >= 11 is 0. The van der Waals surface area contributed by atoms with E-state index < -0.39 is 0 Å². The summed E-state index contributed by atoms with van der Waals surface area (Å²) in [7, 11) is 0. The van der Waals surface area contributed by atoms with Gasteiger partial charge in [0, 0.05) is 24.2 Å². The Bertz CT molecular complexity index is 846. The first-order valence-electron chi connectivity index (χ1n) is 8.26. The van der Waals surface area contributed by atoms with Gasteiger partial charge in [0.1, 0.15) is 17.7 Å². The quantitative estimate of drug-likeness (QED) is 0.785. The van der Waals surface area contributed by atoms with Crippen molar-refractivity contribution in [2.24, 2.45) is 5.92 Å². The standard InChI is InChI=1S/C20H19FN2O/c21-18-9-17(12-23-13-18)20(16-7-8-22-11-16)24-19-6-5-14-3-1-2-4-15(14)10-19/h1-6,9-10,12-13,16,20,22H,7-8,11H2/t16?,20-/m0/s1. The molecular weight excluding hydrogens is 303 g/mol. The number of pyridine rings is 1. The minimum atomic E-state index is -0.328. The number of benzene rings is 2. The van der Waals surface area contributed by atoms with Gasteiger partial charge in [-0.05, 0) is 41.9 Å².